The zero-order chi connectivity index (χ0) is 9.94. The first-order valence-electron chi connectivity index (χ1n) is 4.66. The van der Waals surface area contributed by atoms with Gasteiger partial charge in [0, 0.05) is 25.1 Å². The number of nitrogens with one attached hydrogen (secondary N) is 1. The Bertz CT molecular complexity index is 182. The molecule has 74 valence electrons. The van der Waals surface area contributed by atoms with E-state index in [1.807, 2.05) is 13.1 Å². The fourth-order valence-electron chi connectivity index (χ4n) is 0.857. The fraction of sp³-hybridized carbons (Fsp3) is 0.700. The monoisotopic (exact) mass is 182 g/mol. The van der Waals surface area contributed by atoms with Crippen molar-refractivity contribution < 1.29 is 4.74 Å². The molecule has 0 spiro atoms. The Balaban J connectivity index is 3.55. The molecule has 0 aliphatic rings. The van der Waals surface area contributed by atoms with Crippen LogP contribution in [0.3, 0.4) is 0 Å². The van der Waals surface area contributed by atoms with Crippen LogP contribution >= 0.6 is 0 Å². The number of hydrogen-bond donors (Lipinski definition) is 1. The van der Waals surface area contributed by atoms with E-state index < -0.39 is 0 Å². The summed E-state index contributed by atoms with van der Waals surface area (Å²) >= 11 is 0. The third-order valence-corrected chi connectivity index (χ3v) is 1.56. The van der Waals surface area contributed by atoms with Crippen molar-refractivity contribution in [1.29, 1.82) is 5.26 Å². The van der Waals surface area contributed by atoms with E-state index in [4.69, 9.17) is 10.00 Å². The van der Waals surface area contributed by atoms with E-state index >= 15 is 0 Å². The lowest BCUT2D eigenvalue weighted by Gasteiger charge is -2.00. The molecule has 0 heterocycles. The topological polar surface area (TPSA) is 45.0 Å². The summed E-state index contributed by atoms with van der Waals surface area (Å²) in [5, 5.41) is 11.7. The largest absolute Gasteiger partial charge is 0.381 e. The summed E-state index contributed by atoms with van der Waals surface area (Å²) in [5.74, 6) is 0. The molecule has 1 N–H and O–H groups in total. The van der Waals surface area contributed by atoms with Gasteiger partial charge in [0.15, 0.2) is 0 Å². The Labute approximate surface area is 80.4 Å². The van der Waals surface area contributed by atoms with E-state index in [0.29, 0.717) is 6.61 Å². The van der Waals surface area contributed by atoms with Gasteiger partial charge < -0.3 is 10.1 Å². The SMILES string of the molecule is CCCOCC/C(C#N)=C/CNC. The molecule has 0 aliphatic heterocycles. The van der Waals surface area contributed by atoms with E-state index in [-0.39, 0.29) is 0 Å². The summed E-state index contributed by atoms with van der Waals surface area (Å²) in [7, 11) is 1.86. The lowest BCUT2D eigenvalue weighted by molar-refractivity contribution is 0.138. The van der Waals surface area contributed by atoms with Crippen LogP contribution in [0.2, 0.25) is 0 Å². The van der Waals surface area contributed by atoms with Crippen molar-refractivity contribution in [3.05, 3.63) is 11.6 Å². The predicted octanol–water partition coefficient (Wildman–Crippen LogP) is 1.47. The molecule has 13 heavy (non-hydrogen) atoms. The molecular formula is C10H18N2O. The van der Waals surface area contributed by atoms with Crippen LogP contribution in [0.1, 0.15) is 19.8 Å². The Morgan fingerprint density at radius 3 is 2.85 bits per heavy atom. The lowest BCUT2D eigenvalue weighted by atomic mass is 10.2. The van der Waals surface area contributed by atoms with Crippen molar-refractivity contribution in [2.24, 2.45) is 0 Å². The summed E-state index contributed by atoms with van der Waals surface area (Å²) in [6.45, 7) is 4.25. The molecule has 0 aromatic heterocycles. The predicted molar refractivity (Wildman–Crippen MR) is 53.3 cm³/mol. The fourth-order valence-corrected chi connectivity index (χ4v) is 0.857. The highest BCUT2D eigenvalue weighted by molar-refractivity contribution is 5.20. The maximum Gasteiger partial charge on any atom is 0.0945 e. The van der Waals surface area contributed by atoms with Crippen LogP contribution in [0.15, 0.2) is 11.6 Å². The number of hydrogen-bond acceptors (Lipinski definition) is 3. The summed E-state index contributed by atoms with van der Waals surface area (Å²) in [6.07, 6.45) is 3.65. The number of rotatable bonds is 7. The second kappa shape index (κ2) is 9.24. The van der Waals surface area contributed by atoms with Crippen molar-refractivity contribution in [2.45, 2.75) is 19.8 Å². The molecular weight excluding hydrogens is 164 g/mol. The van der Waals surface area contributed by atoms with Gasteiger partial charge in [-0.1, -0.05) is 13.0 Å². The third kappa shape index (κ3) is 7.51. The summed E-state index contributed by atoms with van der Waals surface area (Å²) < 4.78 is 5.28. The molecule has 0 aromatic carbocycles. The number of ether oxygens (including phenoxy) is 1. The molecule has 0 radical (unpaired) electrons. The third-order valence-electron chi connectivity index (χ3n) is 1.56. The van der Waals surface area contributed by atoms with Crippen LogP contribution < -0.4 is 5.32 Å². The van der Waals surface area contributed by atoms with Crippen molar-refractivity contribution in [2.75, 3.05) is 26.8 Å². The van der Waals surface area contributed by atoms with Crippen LogP contribution in [0.25, 0.3) is 0 Å². The van der Waals surface area contributed by atoms with Crippen molar-refractivity contribution in [3.63, 3.8) is 0 Å². The van der Waals surface area contributed by atoms with Gasteiger partial charge in [-0.15, -0.1) is 0 Å². The smallest absolute Gasteiger partial charge is 0.0945 e. The van der Waals surface area contributed by atoms with Gasteiger partial charge in [0.2, 0.25) is 0 Å². The molecule has 0 saturated carbocycles. The second-order valence-electron chi connectivity index (χ2n) is 2.76. The molecule has 3 nitrogen and oxygen atoms in total. The summed E-state index contributed by atoms with van der Waals surface area (Å²) in [5.41, 5.74) is 0.797. The molecule has 0 unspecified atom stereocenters. The summed E-state index contributed by atoms with van der Waals surface area (Å²) in [6, 6.07) is 2.15. The highest BCUT2D eigenvalue weighted by atomic mass is 16.5. The zero-order valence-corrected chi connectivity index (χ0v) is 8.47. The van der Waals surface area contributed by atoms with E-state index in [0.717, 1.165) is 31.6 Å². The van der Waals surface area contributed by atoms with E-state index in [1.54, 1.807) is 0 Å². The molecule has 0 atom stereocenters. The van der Waals surface area contributed by atoms with E-state index in [2.05, 4.69) is 18.3 Å². The Hall–Kier alpha value is -0.850. The van der Waals surface area contributed by atoms with Gasteiger partial charge in [-0.2, -0.15) is 5.26 Å². The van der Waals surface area contributed by atoms with Crippen molar-refractivity contribution in [3.8, 4) is 6.07 Å². The van der Waals surface area contributed by atoms with Gasteiger partial charge in [-0.05, 0) is 13.5 Å². The lowest BCUT2D eigenvalue weighted by Crippen LogP contribution is -2.06. The van der Waals surface area contributed by atoms with Crippen molar-refractivity contribution >= 4 is 0 Å². The zero-order valence-electron chi connectivity index (χ0n) is 8.47. The van der Waals surface area contributed by atoms with Gasteiger partial charge in [-0.3, -0.25) is 0 Å². The minimum absolute atomic E-state index is 0.650. The second-order valence-corrected chi connectivity index (χ2v) is 2.76. The van der Waals surface area contributed by atoms with E-state index in [1.165, 1.54) is 0 Å². The van der Waals surface area contributed by atoms with Gasteiger partial charge >= 0.3 is 0 Å². The van der Waals surface area contributed by atoms with Crippen LogP contribution in [-0.4, -0.2) is 26.8 Å². The van der Waals surface area contributed by atoms with Gasteiger partial charge in [-0.25, -0.2) is 0 Å². The average Bonchev–Trinajstić information content (AvgIpc) is 2.17. The van der Waals surface area contributed by atoms with Crippen LogP contribution in [0, 0.1) is 11.3 Å². The highest BCUT2D eigenvalue weighted by Crippen LogP contribution is 1.99. The van der Waals surface area contributed by atoms with Crippen molar-refractivity contribution in [1.82, 2.24) is 5.32 Å². The molecule has 0 rings (SSSR count). The summed E-state index contributed by atoms with van der Waals surface area (Å²) in [4.78, 5) is 0. The maximum atomic E-state index is 8.71. The van der Waals surface area contributed by atoms with Gasteiger partial charge in [0.1, 0.15) is 0 Å². The van der Waals surface area contributed by atoms with Crippen LogP contribution in [0.4, 0.5) is 0 Å². The standard InChI is InChI=1S/C10H18N2O/c1-3-7-13-8-5-10(9-11)4-6-12-2/h4,12H,3,5-8H2,1-2H3/b10-4-. The molecule has 0 aliphatic carbocycles. The minimum Gasteiger partial charge on any atom is -0.381 e. The highest BCUT2D eigenvalue weighted by Gasteiger charge is 1.94. The normalized spacial score (nSPS) is 11.3. The molecule has 0 bridgehead atoms. The van der Waals surface area contributed by atoms with E-state index in [9.17, 15) is 0 Å². The average molecular weight is 182 g/mol. The molecule has 0 saturated heterocycles. The number of nitrogens with zero attached hydrogens (tertiary/aromatic N) is 1. The number of likely N-dealkylation sites (N-methyl/N-ethyl adjacent to an activating group) is 1. The Morgan fingerprint density at radius 2 is 2.31 bits per heavy atom. The van der Waals surface area contributed by atoms with Crippen LogP contribution in [-0.2, 0) is 4.74 Å². The maximum absolute atomic E-state index is 8.71. The van der Waals surface area contributed by atoms with Gasteiger partial charge in [0.25, 0.3) is 0 Å². The van der Waals surface area contributed by atoms with Crippen LogP contribution in [0.5, 0.6) is 0 Å². The minimum atomic E-state index is 0.650. The Morgan fingerprint density at radius 1 is 1.54 bits per heavy atom. The first-order valence-corrected chi connectivity index (χ1v) is 4.66. The molecule has 0 fully saturated rings. The van der Waals surface area contributed by atoms with Gasteiger partial charge in [0.05, 0.1) is 12.7 Å². The molecule has 0 amide bonds. The first kappa shape index (κ1) is 12.2. The molecule has 0 aromatic rings. The number of nitriles is 1. The quantitative estimate of drug-likeness (QED) is 0.479. The Kier molecular flexibility index (Phi) is 8.64. The molecule has 3 heteroatoms. The first-order chi connectivity index (χ1) is 6.35.